The number of carbonyl (C=O) groups excluding carboxylic acids is 2. The molecule has 2 saturated heterocycles. The first kappa shape index (κ1) is 23.1. The van der Waals surface area contributed by atoms with Crippen LogP contribution in [0.5, 0.6) is 0 Å². The third kappa shape index (κ3) is 4.06. The number of carbonyl (C=O) groups is 2. The fourth-order valence-electron chi connectivity index (χ4n) is 5.24. The van der Waals surface area contributed by atoms with Gasteiger partial charge in [-0.2, -0.15) is 5.10 Å². The van der Waals surface area contributed by atoms with E-state index in [1.54, 1.807) is 21.7 Å². The summed E-state index contributed by atoms with van der Waals surface area (Å²) in [5.41, 5.74) is 3.81. The Morgan fingerprint density at radius 2 is 1.58 bits per heavy atom. The second-order valence-corrected chi connectivity index (χ2v) is 10.8. The minimum atomic E-state index is -1.35. The van der Waals surface area contributed by atoms with Gasteiger partial charge in [0.25, 0.3) is 11.8 Å². The van der Waals surface area contributed by atoms with Crippen LogP contribution in [-0.2, 0) is 21.3 Å². The van der Waals surface area contributed by atoms with Gasteiger partial charge in [-0.1, -0.05) is 18.2 Å². The molecule has 3 aliphatic heterocycles. The number of hydrogen-bond acceptors (Lipinski definition) is 5. The lowest BCUT2D eigenvalue weighted by atomic mass is 10.0. The molecule has 2 aromatic carbocycles. The Morgan fingerprint density at radius 1 is 0.861 bits per heavy atom. The van der Waals surface area contributed by atoms with Crippen molar-refractivity contribution in [2.24, 2.45) is 0 Å². The fourth-order valence-corrected chi connectivity index (χ4v) is 6.55. The zero-order chi connectivity index (χ0) is 24.6. The molecule has 0 bridgehead atoms. The molecular formula is C27H28N4O4S. The van der Waals surface area contributed by atoms with Crippen molar-refractivity contribution in [3.8, 4) is 16.9 Å². The Kier molecular flexibility index (Phi) is 6.18. The van der Waals surface area contributed by atoms with Crippen molar-refractivity contribution in [3.63, 3.8) is 0 Å². The summed E-state index contributed by atoms with van der Waals surface area (Å²) in [5.74, 6) is 0.0241. The summed E-state index contributed by atoms with van der Waals surface area (Å²) in [6, 6.07) is 15.1. The van der Waals surface area contributed by atoms with E-state index in [2.05, 4.69) is 0 Å². The molecule has 1 aromatic heterocycles. The topological polar surface area (TPSA) is 84.7 Å². The Labute approximate surface area is 212 Å². The van der Waals surface area contributed by atoms with Crippen molar-refractivity contribution in [1.82, 2.24) is 19.6 Å². The number of nitrogens with zero attached hydrogens (tertiary/aromatic N) is 4. The van der Waals surface area contributed by atoms with E-state index in [4.69, 9.17) is 9.84 Å². The molecule has 1 atom stereocenters. The molecule has 9 heteroatoms. The summed E-state index contributed by atoms with van der Waals surface area (Å²) < 4.78 is 20.6. The number of fused-ring (bicyclic) bond motifs is 3. The van der Waals surface area contributed by atoms with E-state index in [1.165, 1.54) is 0 Å². The van der Waals surface area contributed by atoms with Crippen LogP contribution in [0.25, 0.3) is 16.9 Å². The average Bonchev–Trinajstić information content (AvgIpc) is 3.33. The van der Waals surface area contributed by atoms with Crippen molar-refractivity contribution in [2.45, 2.75) is 29.9 Å². The summed E-state index contributed by atoms with van der Waals surface area (Å²) in [6.07, 6.45) is 3.17. The van der Waals surface area contributed by atoms with E-state index < -0.39 is 10.8 Å². The van der Waals surface area contributed by atoms with Crippen LogP contribution in [0.1, 0.15) is 45.7 Å². The molecule has 0 radical (unpaired) electrons. The van der Waals surface area contributed by atoms with Crippen LogP contribution in [0.4, 0.5) is 0 Å². The number of likely N-dealkylation sites (tertiary alicyclic amines) is 1. The molecule has 186 valence electrons. The SMILES string of the molecule is O=C(c1ccc2c(c1)-c1c(c(C(=O)N3CCOCC3)nn1-c1ccccc1)CS2=O)N1CCCCC1. The van der Waals surface area contributed by atoms with E-state index in [0.717, 1.165) is 43.7 Å². The molecule has 2 amide bonds. The maximum absolute atomic E-state index is 13.6. The van der Waals surface area contributed by atoms with Crippen LogP contribution >= 0.6 is 0 Å². The first-order chi connectivity index (χ1) is 17.6. The molecule has 0 N–H and O–H groups in total. The van der Waals surface area contributed by atoms with Gasteiger partial charge in [-0.15, -0.1) is 0 Å². The van der Waals surface area contributed by atoms with E-state index in [1.807, 2.05) is 41.3 Å². The fraction of sp³-hybridized carbons (Fsp3) is 0.370. The predicted molar refractivity (Wildman–Crippen MR) is 136 cm³/mol. The highest BCUT2D eigenvalue weighted by Crippen LogP contribution is 2.40. The number of hydrogen-bond donors (Lipinski definition) is 0. The summed E-state index contributed by atoms with van der Waals surface area (Å²) >= 11 is 0. The number of aromatic nitrogens is 2. The smallest absolute Gasteiger partial charge is 0.274 e. The molecule has 0 aliphatic carbocycles. The number of rotatable bonds is 3. The van der Waals surface area contributed by atoms with Crippen LogP contribution < -0.4 is 0 Å². The van der Waals surface area contributed by atoms with Gasteiger partial charge in [-0.05, 0) is 49.6 Å². The number of ether oxygens (including phenoxy) is 1. The Morgan fingerprint density at radius 3 is 2.33 bits per heavy atom. The zero-order valence-corrected chi connectivity index (χ0v) is 20.8. The molecule has 6 rings (SSSR count). The van der Waals surface area contributed by atoms with Gasteiger partial charge < -0.3 is 14.5 Å². The van der Waals surface area contributed by atoms with E-state index in [-0.39, 0.29) is 17.6 Å². The highest BCUT2D eigenvalue weighted by molar-refractivity contribution is 7.84. The highest BCUT2D eigenvalue weighted by atomic mass is 32.2. The zero-order valence-electron chi connectivity index (χ0n) is 20.0. The molecule has 2 fully saturated rings. The highest BCUT2D eigenvalue weighted by Gasteiger charge is 2.35. The average molecular weight is 505 g/mol. The van der Waals surface area contributed by atoms with Gasteiger partial charge in [-0.25, -0.2) is 4.68 Å². The molecular weight excluding hydrogens is 476 g/mol. The number of para-hydroxylation sites is 1. The standard InChI is InChI=1S/C27H28N4O4S/c32-26(29-11-5-2-6-12-29)19-9-10-23-21(17-19)25-22(18-36(23)34)24(27(33)30-13-15-35-16-14-30)28-31(25)20-7-3-1-4-8-20/h1,3-4,7-10,17H,2,5-6,11-16,18H2. The quantitative estimate of drug-likeness (QED) is 0.547. The van der Waals surface area contributed by atoms with Crippen LogP contribution in [0.2, 0.25) is 0 Å². The monoisotopic (exact) mass is 504 g/mol. The lowest BCUT2D eigenvalue weighted by Gasteiger charge is -2.27. The molecule has 3 aliphatic rings. The minimum absolute atomic E-state index is 0.00852. The summed E-state index contributed by atoms with van der Waals surface area (Å²) in [4.78, 5) is 31.2. The van der Waals surface area contributed by atoms with Crippen molar-refractivity contribution < 1.29 is 18.5 Å². The Bertz CT molecular complexity index is 1340. The van der Waals surface area contributed by atoms with Crippen molar-refractivity contribution in [3.05, 3.63) is 65.4 Å². The second-order valence-electron chi connectivity index (χ2n) is 9.38. The van der Waals surface area contributed by atoms with Crippen LogP contribution in [0.15, 0.2) is 53.4 Å². The van der Waals surface area contributed by atoms with Crippen LogP contribution in [0.3, 0.4) is 0 Å². The maximum atomic E-state index is 13.6. The first-order valence-electron chi connectivity index (χ1n) is 12.5. The summed E-state index contributed by atoms with van der Waals surface area (Å²) in [5, 5.41) is 4.79. The molecule has 36 heavy (non-hydrogen) atoms. The molecule has 1 unspecified atom stereocenters. The first-order valence-corrected chi connectivity index (χ1v) is 13.8. The Hall–Kier alpha value is -3.30. The molecule has 0 saturated carbocycles. The minimum Gasteiger partial charge on any atom is -0.378 e. The molecule has 0 spiro atoms. The van der Waals surface area contributed by atoms with E-state index in [9.17, 15) is 13.8 Å². The largest absolute Gasteiger partial charge is 0.378 e. The Balaban J connectivity index is 1.50. The lowest BCUT2D eigenvalue weighted by molar-refractivity contribution is 0.0298. The van der Waals surface area contributed by atoms with Gasteiger partial charge in [0.05, 0.1) is 41.1 Å². The van der Waals surface area contributed by atoms with Crippen molar-refractivity contribution in [2.75, 3.05) is 39.4 Å². The molecule has 4 heterocycles. The van der Waals surface area contributed by atoms with Gasteiger partial charge in [0.15, 0.2) is 5.69 Å². The molecule has 3 aromatic rings. The van der Waals surface area contributed by atoms with Gasteiger partial charge in [0, 0.05) is 47.8 Å². The number of piperidine rings is 1. The van der Waals surface area contributed by atoms with Crippen LogP contribution in [-0.4, -0.2) is 75.0 Å². The van der Waals surface area contributed by atoms with Gasteiger partial charge >= 0.3 is 0 Å². The van der Waals surface area contributed by atoms with E-state index in [0.29, 0.717) is 53.6 Å². The maximum Gasteiger partial charge on any atom is 0.274 e. The van der Waals surface area contributed by atoms with Gasteiger partial charge in [0.2, 0.25) is 0 Å². The third-order valence-electron chi connectivity index (χ3n) is 7.13. The van der Waals surface area contributed by atoms with Gasteiger partial charge in [-0.3, -0.25) is 13.8 Å². The summed E-state index contributed by atoms with van der Waals surface area (Å²) in [7, 11) is -1.35. The van der Waals surface area contributed by atoms with Crippen LogP contribution in [0, 0.1) is 0 Å². The molecule has 8 nitrogen and oxygen atoms in total. The second kappa shape index (κ2) is 9.63. The normalized spacial score (nSPS) is 19.5. The number of benzene rings is 2. The van der Waals surface area contributed by atoms with Crippen molar-refractivity contribution >= 4 is 22.6 Å². The van der Waals surface area contributed by atoms with Crippen molar-refractivity contribution in [1.29, 1.82) is 0 Å². The number of morpholine rings is 1. The lowest BCUT2D eigenvalue weighted by Crippen LogP contribution is -2.41. The summed E-state index contributed by atoms with van der Waals surface area (Å²) in [6.45, 7) is 3.49. The number of amides is 2. The van der Waals surface area contributed by atoms with Gasteiger partial charge in [0.1, 0.15) is 0 Å². The third-order valence-corrected chi connectivity index (χ3v) is 8.53. The van der Waals surface area contributed by atoms with E-state index >= 15 is 0 Å². The predicted octanol–water partition coefficient (Wildman–Crippen LogP) is 3.26.